The lowest BCUT2D eigenvalue weighted by atomic mass is 10.2. The van der Waals surface area contributed by atoms with Crippen molar-refractivity contribution in [2.24, 2.45) is 0 Å². The van der Waals surface area contributed by atoms with Gasteiger partial charge in [0.25, 0.3) is 0 Å². The fourth-order valence-corrected chi connectivity index (χ4v) is 1.04. The van der Waals surface area contributed by atoms with Crippen LogP contribution in [0.4, 0.5) is 13.2 Å². The van der Waals surface area contributed by atoms with E-state index in [0.717, 1.165) is 12.1 Å². The molecule has 0 aliphatic carbocycles. The van der Waals surface area contributed by atoms with Gasteiger partial charge in [-0.1, -0.05) is 0 Å². The molecule has 0 N–H and O–H groups in total. The number of hydrogen-bond acceptors (Lipinski definition) is 2. The summed E-state index contributed by atoms with van der Waals surface area (Å²) < 4.78 is 36.7. The highest BCUT2D eigenvalue weighted by Crippen LogP contribution is 2.31. The molecule has 0 fully saturated rings. The lowest BCUT2D eigenvalue weighted by molar-refractivity contribution is -0.138. The molecule has 0 aromatic carbocycles. The van der Waals surface area contributed by atoms with Gasteiger partial charge < -0.3 is 0 Å². The average Bonchev–Trinajstić information content (AvgIpc) is 2.15. The molecule has 0 aliphatic heterocycles. The van der Waals surface area contributed by atoms with Gasteiger partial charge in [0, 0.05) is 0 Å². The van der Waals surface area contributed by atoms with Crippen LogP contribution in [0.1, 0.15) is 17.0 Å². The molecule has 1 aromatic heterocycles. The van der Waals surface area contributed by atoms with Crippen molar-refractivity contribution in [3.63, 3.8) is 0 Å². The molecule has 0 atom stereocenters. The number of aromatic nitrogens is 1. The number of nitriles is 1. The van der Waals surface area contributed by atoms with Crippen LogP contribution in [0.3, 0.4) is 0 Å². The minimum Gasteiger partial charge on any atom is -0.240 e. The molecule has 0 radical (unpaired) electrons. The van der Waals surface area contributed by atoms with Crippen LogP contribution in [0.2, 0.25) is 0 Å². The zero-order valence-corrected chi connectivity index (χ0v) is 7.52. The van der Waals surface area contributed by atoms with Gasteiger partial charge in [-0.2, -0.15) is 18.4 Å². The first kappa shape index (κ1) is 10.8. The smallest absolute Gasteiger partial charge is 0.240 e. The summed E-state index contributed by atoms with van der Waals surface area (Å²) in [5.41, 5.74) is -1.43. The number of hydrogen-bond donors (Lipinski definition) is 0. The van der Waals surface area contributed by atoms with Gasteiger partial charge >= 0.3 is 6.18 Å². The monoisotopic (exact) mass is 220 g/mol. The van der Waals surface area contributed by atoms with Crippen LogP contribution in [0.15, 0.2) is 12.1 Å². The van der Waals surface area contributed by atoms with Gasteiger partial charge in [-0.25, -0.2) is 4.98 Å². The predicted octanol–water partition coefficient (Wildman–Crippen LogP) is 2.71. The summed E-state index contributed by atoms with van der Waals surface area (Å²) in [7, 11) is 0. The molecule has 2 nitrogen and oxygen atoms in total. The van der Waals surface area contributed by atoms with E-state index in [4.69, 9.17) is 16.9 Å². The molecule has 74 valence electrons. The Morgan fingerprint density at radius 1 is 1.43 bits per heavy atom. The van der Waals surface area contributed by atoms with Crippen molar-refractivity contribution in [2.75, 3.05) is 0 Å². The van der Waals surface area contributed by atoms with Gasteiger partial charge in [0.2, 0.25) is 0 Å². The number of pyridine rings is 1. The minimum atomic E-state index is -4.55. The first-order valence-corrected chi connectivity index (χ1v) is 4.05. The van der Waals surface area contributed by atoms with Crippen molar-refractivity contribution < 1.29 is 13.2 Å². The van der Waals surface area contributed by atoms with E-state index in [0.29, 0.717) is 0 Å². The third-order valence-electron chi connectivity index (χ3n) is 1.50. The van der Waals surface area contributed by atoms with E-state index in [1.807, 2.05) is 0 Å². The van der Waals surface area contributed by atoms with Gasteiger partial charge in [-0.3, -0.25) is 0 Å². The van der Waals surface area contributed by atoms with E-state index in [9.17, 15) is 13.2 Å². The molecule has 0 spiro atoms. The molecule has 1 heterocycles. The highest BCUT2D eigenvalue weighted by atomic mass is 35.5. The Kier molecular flexibility index (Phi) is 2.96. The van der Waals surface area contributed by atoms with Gasteiger partial charge in [0.1, 0.15) is 6.07 Å². The van der Waals surface area contributed by atoms with E-state index >= 15 is 0 Å². The molecule has 0 unspecified atom stereocenters. The van der Waals surface area contributed by atoms with Crippen LogP contribution in [-0.2, 0) is 12.1 Å². The molecule has 0 amide bonds. The molecule has 0 saturated carbocycles. The Labute approximate surface area is 82.9 Å². The second-order valence-electron chi connectivity index (χ2n) is 2.44. The maximum absolute atomic E-state index is 12.2. The summed E-state index contributed by atoms with van der Waals surface area (Å²) in [6.45, 7) is 0. The topological polar surface area (TPSA) is 36.7 Å². The number of nitrogens with zero attached hydrogens (tertiary/aromatic N) is 2. The zero-order chi connectivity index (χ0) is 10.8. The highest BCUT2D eigenvalue weighted by molar-refractivity contribution is 6.16. The van der Waals surface area contributed by atoms with Crippen LogP contribution >= 0.6 is 11.6 Å². The Morgan fingerprint density at radius 3 is 2.50 bits per heavy atom. The number of rotatable bonds is 1. The van der Waals surface area contributed by atoms with E-state index in [1.54, 1.807) is 0 Å². The highest BCUT2D eigenvalue weighted by Gasteiger charge is 2.34. The second-order valence-corrected chi connectivity index (χ2v) is 2.71. The molecular formula is C8H4ClF3N2. The van der Waals surface area contributed by atoms with Crippen molar-refractivity contribution in [3.8, 4) is 6.07 Å². The molecule has 14 heavy (non-hydrogen) atoms. The fourth-order valence-electron chi connectivity index (χ4n) is 0.888. The second kappa shape index (κ2) is 3.84. The van der Waals surface area contributed by atoms with Crippen molar-refractivity contribution >= 4 is 11.6 Å². The average molecular weight is 221 g/mol. The predicted molar refractivity (Wildman–Crippen MR) is 43.5 cm³/mol. The molecule has 1 aromatic rings. The Balaban J connectivity index is 3.28. The van der Waals surface area contributed by atoms with Crippen LogP contribution in [0.25, 0.3) is 0 Å². The Hall–Kier alpha value is -1.28. The molecule has 1 rings (SSSR count). The standard InChI is InChI=1S/C8H4ClF3N2/c9-3-5-1-2-6(8(10,11)12)7(4-13)14-5/h1-2H,3H2. The number of halogens is 4. The summed E-state index contributed by atoms with van der Waals surface area (Å²) in [5.74, 6) is -0.0210. The molecule has 6 heteroatoms. The van der Waals surface area contributed by atoms with Crippen molar-refractivity contribution in [3.05, 3.63) is 29.1 Å². The third kappa shape index (κ3) is 2.15. The fraction of sp³-hybridized carbons (Fsp3) is 0.250. The zero-order valence-electron chi connectivity index (χ0n) is 6.77. The van der Waals surface area contributed by atoms with Gasteiger partial charge in [0.05, 0.1) is 17.1 Å². The normalized spacial score (nSPS) is 11.1. The van der Waals surface area contributed by atoms with Crippen LogP contribution in [0, 0.1) is 11.3 Å². The first-order valence-electron chi connectivity index (χ1n) is 3.52. The molecular weight excluding hydrogens is 217 g/mol. The summed E-state index contributed by atoms with van der Waals surface area (Å²) in [6, 6.07) is 3.35. The lowest BCUT2D eigenvalue weighted by Crippen LogP contribution is -2.09. The Bertz CT molecular complexity index is 381. The summed E-state index contributed by atoms with van der Waals surface area (Å²) in [4.78, 5) is 3.46. The quantitative estimate of drug-likeness (QED) is 0.683. The van der Waals surface area contributed by atoms with E-state index < -0.39 is 17.4 Å². The van der Waals surface area contributed by atoms with Crippen molar-refractivity contribution in [2.45, 2.75) is 12.1 Å². The summed E-state index contributed by atoms with van der Waals surface area (Å²) in [5, 5.41) is 8.45. The van der Waals surface area contributed by atoms with Crippen molar-refractivity contribution in [1.29, 1.82) is 5.26 Å². The maximum Gasteiger partial charge on any atom is 0.419 e. The van der Waals surface area contributed by atoms with Crippen LogP contribution in [-0.4, -0.2) is 4.98 Å². The lowest BCUT2D eigenvalue weighted by Gasteiger charge is -2.07. The molecule has 0 saturated heterocycles. The van der Waals surface area contributed by atoms with Gasteiger partial charge in [-0.15, -0.1) is 11.6 Å². The van der Waals surface area contributed by atoms with Crippen molar-refractivity contribution in [1.82, 2.24) is 4.98 Å². The van der Waals surface area contributed by atoms with Crippen LogP contribution in [0.5, 0.6) is 0 Å². The minimum absolute atomic E-state index is 0.0210. The Morgan fingerprint density at radius 2 is 2.07 bits per heavy atom. The SMILES string of the molecule is N#Cc1nc(CCl)ccc1C(F)(F)F. The third-order valence-corrected chi connectivity index (χ3v) is 1.77. The summed E-state index contributed by atoms with van der Waals surface area (Å²) in [6.07, 6.45) is -4.55. The van der Waals surface area contributed by atoms with Gasteiger partial charge in [-0.05, 0) is 12.1 Å². The van der Waals surface area contributed by atoms with E-state index in [1.165, 1.54) is 6.07 Å². The summed E-state index contributed by atoms with van der Waals surface area (Å²) >= 11 is 5.37. The first-order chi connectivity index (χ1) is 6.49. The van der Waals surface area contributed by atoms with Gasteiger partial charge in [0.15, 0.2) is 5.69 Å². The van der Waals surface area contributed by atoms with E-state index in [2.05, 4.69) is 4.98 Å². The molecule has 0 aliphatic rings. The largest absolute Gasteiger partial charge is 0.419 e. The number of alkyl halides is 4. The molecule has 0 bridgehead atoms. The van der Waals surface area contributed by atoms with Crippen LogP contribution < -0.4 is 0 Å². The maximum atomic E-state index is 12.2. The van der Waals surface area contributed by atoms with E-state index in [-0.39, 0.29) is 11.6 Å².